The van der Waals surface area contributed by atoms with Gasteiger partial charge in [0.05, 0.1) is 18.6 Å². The van der Waals surface area contributed by atoms with E-state index in [9.17, 15) is 9.59 Å². The number of aryl methyl sites for hydroxylation is 2. The number of fused-ring (bicyclic) bond motifs is 3. The van der Waals surface area contributed by atoms with Crippen molar-refractivity contribution >= 4 is 33.1 Å². The van der Waals surface area contributed by atoms with Crippen molar-refractivity contribution in [2.45, 2.75) is 40.2 Å². The summed E-state index contributed by atoms with van der Waals surface area (Å²) in [6.07, 6.45) is 0. The summed E-state index contributed by atoms with van der Waals surface area (Å²) >= 11 is 1.61. The van der Waals surface area contributed by atoms with E-state index in [0.29, 0.717) is 37.8 Å². The molecule has 4 rings (SSSR count). The van der Waals surface area contributed by atoms with E-state index in [4.69, 9.17) is 9.72 Å². The van der Waals surface area contributed by atoms with Gasteiger partial charge in [0.1, 0.15) is 17.2 Å². The molecule has 8 nitrogen and oxygen atoms in total. The van der Waals surface area contributed by atoms with Gasteiger partial charge in [-0.1, -0.05) is 13.8 Å². The highest BCUT2D eigenvalue weighted by atomic mass is 32.1. The van der Waals surface area contributed by atoms with Gasteiger partial charge in [-0.25, -0.2) is 18.9 Å². The predicted molar refractivity (Wildman–Crippen MR) is 104 cm³/mol. The van der Waals surface area contributed by atoms with Crippen LogP contribution in [-0.2, 0) is 16.1 Å². The minimum atomic E-state index is -0.312. The van der Waals surface area contributed by atoms with Crippen molar-refractivity contribution < 1.29 is 9.53 Å². The van der Waals surface area contributed by atoms with Gasteiger partial charge in [-0.3, -0.25) is 4.79 Å². The average Bonchev–Trinajstić information content (AvgIpc) is 3.12. The van der Waals surface area contributed by atoms with Crippen LogP contribution in [0, 0.1) is 13.8 Å². The molecule has 0 N–H and O–H groups in total. The fourth-order valence-corrected chi connectivity index (χ4v) is 4.44. The van der Waals surface area contributed by atoms with Crippen LogP contribution < -0.4 is 5.69 Å². The lowest BCUT2D eigenvalue weighted by atomic mass is 10.2. The number of ether oxygens (including phenoxy) is 1. The number of aromatic nitrogens is 4. The average molecular weight is 389 g/mol. The normalized spacial score (nSPS) is 15.4. The highest BCUT2D eigenvalue weighted by Crippen LogP contribution is 2.32. The van der Waals surface area contributed by atoms with Crippen molar-refractivity contribution in [1.29, 1.82) is 0 Å². The first kappa shape index (κ1) is 18.1. The first-order valence-corrected chi connectivity index (χ1v) is 9.94. The number of morpholine rings is 1. The van der Waals surface area contributed by atoms with E-state index in [1.54, 1.807) is 20.6 Å². The van der Waals surface area contributed by atoms with E-state index in [0.717, 1.165) is 20.7 Å². The summed E-state index contributed by atoms with van der Waals surface area (Å²) in [5.41, 5.74) is 1.36. The summed E-state index contributed by atoms with van der Waals surface area (Å²) in [6.45, 7) is 10.2. The number of rotatable bonds is 3. The maximum absolute atomic E-state index is 13.1. The summed E-state index contributed by atoms with van der Waals surface area (Å²) in [6, 6.07) is 0. The molecule has 1 aliphatic heterocycles. The lowest BCUT2D eigenvalue weighted by Gasteiger charge is -2.26. The Labute approximate surface area is 160 Å². The number of carbonyl (C=O) groups is 1. The number of thiophene rings is 1. The molecule has 27 heavy (non-hydrogen) atoms. The molecule has 0 radical (unpaired) electrons. The van der Waals surface area contributed by atoms with Gasteiger partial charge in [-0.05, 0) is 19.4 Å². The van der Waals surface area contributed by atoms with Crippen molar-refractivity contribution in [3.05, 3.63) is 26.7 Å². The van der Waals surface area contributed by atoms with Crippen molar-refractivity contribution in [3.63, 3.8) is 0 Å². The summed E-state index contributed by atoms with van der Waals surface area (Å²) < 4.78 is 8.13. The van der Waals surface area contributed by atoms with E-state index in [2.05, 4.69) is 5.10 Å². The van der Waals surface area contributed by atoms with Crippen LogP contribution in [0.5, 0.6) is 0 Å². The molecule has 4 heterocycles. The van der Waals surface area contributed by atoms with Crippen LogP contribution in [0.2, 0.25) is 0 Å². The highest BCUT2D eigenvalue weighted by Gasteiger charge is 2.23. The Morgan fingerprint density at radius 1 is 1.26 bits per heavy atom. The topological polar surface area (TPSA) is 81.7 Å². The van der Waals surface area contributed by atoms with Crippen LogP contribution in [0.25, 0.3) is 15.9 Å². The standard InChI is InChI=1S/C18H23N5O3S/c1-10(2)15-19-17-14(11(3)12(4)27-17)16-20-22(18(25)23(15)16)9-13(24)21-5-7-26-8-6-21/h10H,5-9H2,1-4H3. The minimum absolute atomic E-state index is 0.0601. The summed E-state index contributed by atoms with van der Waals surface area (Å²) in [4.78, 5) is 34.2. The smallest absolute Gasteiger partial charge is 0.352 e. The Bertz CT molecular complexity index is 1090. The van der Waals surface area contributed by atoms with Crippen LogP contribution in [0.15, 0.2) is 4.79 Å². The Morgan fingerprint density at radius 2 is 1.96 bits per heavy atom. The van der Waals surface area contributed by atoms with Crippen LogP contribution in [0.1, 0.15) is 36.0 Å². The number of amides is 1. The Hall–Kier alpha value is -2.26. The number of hydrogen-bond acceptors (Lipinski definition) is 6. The molecule has 144 valence electrons. The molecule has 3 aromatic heterocycles. The van der Waals surface area contributed by atoms with Gasteiger partial charge >= 0.3 is 5.69 Å². The summed E-state index contributed by atoms with van der Waals surface area (Å²) in [7, 11) is 0. The van der Waals surface area contributed by atoms with Crippen LogP contribution in [0.4, 0.5) is 0 Å². The molecule has 0 spiro atoms. The Morgan fingerprint density at radius 3 is 2.63 bits per heavy atom. The van der Waals surface area contributed by atoms with Gasteiger partial charge in [-0.2, -0.15) is 0 Å². The maximum atomic E-state index is 13.1. The zero-order valence-corrected chi connectivity index (χ0v) is 16.8. The molecule has 1 fully saturated rings. The SMILES string of the molecule is Cc1sc2nc(C(C)C)n3c(=O)n(CC(=O)N4CCOCC4)nc3c2c1C. The molecular weight excluding hydrogens is 366 g/mol. The molecule has 0 unspecified atom stereocenters. The molecule has 1 aliphatic rings. The lowest BCUT2D eigenvalue weighted by molar-refractivity contribution is -0.136. The summed E-state index contributed by atoms with van der Waals surface area (Å²) in [5, 5.41) is 5.45. The molecule has 0 bridgehead atoms. The van der Waals surface area contributed by atoms with E-state index in [-0.39, 0.29) is 24.1 Å². The minimum Gasteiger partial charge on any atom is -0.378 e. The van der Waals surface area contributed by atoms with Crippen molar-refractivity contribution in [2.75, 3.05) is 26.3 Å². The second-order valence-electron chi connectivity index (χ2n) is 7.18. The second kappa shape index (κ2) is 6.72. The third-order valence-electron chi connectivity index (χ3n) is 5.04. The summed E-state index contributed by atoms with van der Waals surface area (Å²) in [5.74, 6) is 0.621. The maximum Gasteiger partial charge on any atom is 0.352 e. The largest absolute Gasteiger partial charge is 0.378 e. The van der Waals surface area contributed by atoms with Gasteiger partial charge < -0.3 is 9.64 Å². The fourth-order valence-electron chi connectivity index (χ4n) is 3.41. The first-order valence-electron chi connectivity index (χ1n) is 9.13. The van der Waals surface area contributed by atoms with Crippen LogP contribution >= 0.6 is 11.3 Å². The van der Waals surface area contributed by atoms with Gasteiger partial charge in [0, 0.05) is 23.9 Å². The third-order valence-corrected chi connectivity index (χ3v) is 6.14. The van der Waals surface area contributed by atoms with Crippen LogP contribution in [0.3, 0.4) is 0 Å². The van der Waals surface area contributed by atoms with E-state index < -0.39 is 0 Å². The zero-order valence-electron chi connectivity index (χ0n) is 16.0. The monoisotopic (exact) mass is 389 g/mol. The predicted octanol–water partition coefficient (Wildman–Crippen LogP) is 1.70. The Kier molecular flexibility index (Phi) is 4.51. The first-order chi connectivity index (χ1) is 12.9. The van der Waals surface area contributed by atoms with Gasteiger partial charge in [0.15, 0.2) is 5.65 Å². The lowest BCUT2D eigenvalue weighted by Crippen LogP contribution is -2.43. The second-order valence-corrected chi connectivity index (χ2v) is 8.38. The quantitative estimate of drug-likeness (QED) is 0.681. The molecular formula is C18H23N5O3S. The van der Waals surface area contributed by atoms with Crippen molar-refractivity contribution in [1.82, 2.24) is 24.1 Å². The van der Waals surface area contributed by atoms with Crippen LogP contribution in [-0.4, -0.2) is 56.3 Å². The molecule has 0 saturated carbocycles. The van der Waals surface area contributed by atoms with Gasteiger partial charge in [-0.15, -0.1) is 16.4 Å². The molecule has 3 aromatic rings. The number of nitrogens with zero attached hydrogens (tertiary/aromatic N) is 5. The molecule has 9 heteroatoms. The third kappa shape index (κ3) is 2.94. The highest BCUT2D eigenvalue weighted by molar-refractivity contribution is 7.18. The van der Waals surface area contributed by atoms with Gasteiger partial charge in [0.25, 0.3) is 0 Å². The van der Waals surface area contributed by atoms with E-state index >= 15 is 0 Å². The molecule has 1 amide bonds. The number of carbonyl (C=O) groups excluding carboxylic acids is 1. The fraction of sp³-hybridized carbons (Fsp3) is 0.556. The molecule has 0 aliphatic carbocycles. The molecule has 0 atom stereocenters. The van der Waals surface area contributed by atoms with Gasteiger partial charge in [0.2, 0.25) is 5.91 Å². The van der Waals surface area contributed by atoms with Crippen molar-refractivity contribution in [2.24, 2.45) is 0 Å². The molecule has 1 saturated heterocycles. The van der Waals surface area contributed by atoms with Crippen molar-refractivity contribution in [3.8, 4) is 0 Å². The number of hydrogen-bond donors (Lipinski definition) is 0. The molecule has 0 aromatic carbocycles. The zero-order chi connectivity index (χ0) is 19.3. The van der Waals surface area contributed by atoms with E-state index in [1.165, 1.54) is 4.68 Å². The Balaban J connectivity index is 1.86. The van der Waals surface area contributed by atoms with E-state index in [1.807, 2.05) is 27.7 Å².